The Bertz CT molecular complexity index is 1200. The van der Waals surface area contributed by atoms with Crippen molar-refractivity contribution in [3.63, 3.8) is 0 Å². The van der Waals surface area contributed by atoms with Crippen LogP contribution in [0.3, 0.4) is 0 Å². The largest absolute Gasteiger partial charge is 0.479 e. The summed E-state index contributed by atoms with van der Waals surface area (Å²) in [5, 5.41) is 5.32. The van der Waals surface area contributed by atoms with Crippen LogP contribution in [-0.4, -0.2) is 22.5 Å². The van der Waals surface area contributed by atoms with Crippen molar-refractivity contribution in [1.29, 1.82) is 0 Å². The first-order valence-corrected chi connectivity index (χ1v) is 10.0. The summed E-state index contributed by atoms with van der Waals surface area (Å²) in [6, 6.07) is 10.6. The molecule has 5 nitrogen and oxygen atoms in total. The van der Waals surface area contributed by atoms with Crippen molar-refractivity contribution < 1.29 is 4.74 Å². The quantitative estimate of drug-likeness (QED) is 0.396. The fourth-order valence-corrected chi connectivity index (χ4v) is 3.30. The number of halogens is 2. The lowest BCUT2D eigenvalue weighted by molar-refractivity contribution is 0.370. The highest BCUT2D eigenvalue weighted by atomic mass is 79.9. The van der Waals surface area contributed by atoms with Crippen molar-refractivity contribution >= 4 is 44.6 Å². The van der Waals surface area contributed by atoms with Gasteiger partial charge >= 0.3 is 0 Å². The SMILES string of the molecule is C#CCOc1ccc(C=Nn2c(C(C)(C)C)nc3ccc(Br)cc3c2=O)cc1Cl. The minimum Gasteiger partial charge on any atom is -0.479 e. The lowest BCUT2D eigenvalue weighted by Gasteiger charge is -2.20. The fraction of sp³-hybridized carbons (Fsp3) is 0.227. The number of fused-ring (bicyclic) bond motifs is 1. The van der Waals surface area contributed by atoms with Gasteiger partial charge in [-0.3, -0.25) is 4.79 Å². The van der Waals surface area contributed by atoms with Gasteiger partial charge in [0.2, 0.25) is 0 Å². The number of benzene rings is 2. The maximum Gasteiger partial charge on any atom is 0.282 e. The predicted octanol–water partition coefficient (Wildman–Crippen LogP) is 5.00. The zero-order valence-electron chi connectivity index (χ0n) is 16.2. The Labute approximate surface area is 182 Å². The number of hydrogen-bond donors (Lipinski definition) is 0. The molecule has 29 heavy (non-hydrogen) atoms. The monoisotopic (exact) mass is 471 g/mol. The van der Waals surface area contributed by atoms with Gasteiger partial charge in [-0.05, 0) is 42.0 Å². The van der Waals surface area contributed by atoms with E-state index in [0.29, 0.717) is 33.1 Å². The minimum atomic E-state index is -0.387. The normalized spacial score (nSPS) is 11.7. The highest BCUT2D eigenvalue weighted by Crippen LogP contribution is 2.25. The third-order valence-electron chi connectivity index (χ3n) is 4.07. The maximum absolute atomic E-state index is 13.1. The van der Waals surface area contributed by atoms with E-state index in [-0.39, 0.29) is 17.6 Å². The Morgan fingerprint density at radius 3 is 2.72 bits per heavy atom. The van der Waals surface area contributed by atoms with E-state index in [9.17, 15) is 4.79 Å². The van der Waals surface area contributed by atoms with E-state index >= 15 is 0 Å². The van der Waals surface area contributed by atoms with Crippen LogP contribution in [0, 0.1) is 12.3 Å². The van der Waals surface area contributed by atoms with Crippen LogP contribution >= 0.6 is 27.5 Å². The molecule has 0 atom stereocenters. The molecular weight excluding hydrogens is 454 g/mol. The maximum atomic E-state index is 13.1. The summed E-state index contributed by atoms with van der Waals surface area (Å²) in [5.74, 6) is 3.45. The molecule has 3 rings (SSSR count). The van der Waals surface area contributed by atoms with Gasteiger partial charge in [0.1, 0.15) is 18.2 Å². The molecule has 2 aromatic carbocycles. The van der Waals surface area contributed by atoms with Crippen LogP contribution in [0.2, 0.25) is 5.02 Å². The van der Waals surface area contributed by atoms with E-state index < -0.39 is 0 Å². The first-order valence-electron chi connectivity index (χ1n) is 8.83. The lowest BCUT2D eigenvalue weighted by Crippen LogP contribution is -2.29. The highest BCUT2D eigenvalue weighted by molar-refractivity contribution is 9.10. The molecule has 1 heterocycles. The molecule has 0 aliphatic heterocycles. The first kappa shape index (κ1) is 21.1. The Kier molecular flexibility index (Phi) is 6.11. The number of nitrogens with zero attached hydrogens (tertiary/aromatic N) is 3. The van der Waals surface area contributed by atoms with Gasteiger partial charge in [-0.25, -0.2) is 4.98 Å². The Hall–Kier alpha value is -2.62. The van der Waals surface area contributed by atoms with E-state index in [1.807, 2.05) is 32.9 Å². The average Bonchev–Trinajstić information content (AvgIpc) is 2.66. The van der Waals surface area contributed by atoms with Crippen molar-refractivity contribution in [1.82, 2.24) is 9.66 Å². The second kappa shape index (κ2) is 8.40. The highest BCUT2D eigenvalue weighted by Gasteiger charge is 2.22. The third-order valence-corrected chi connectivity index (χ3v) is 4.86. The van der Waals surface area contributed by atoms with Crippen molar-refractivity contribution in [3.05, 3.63) is 67.6 Å². The molecule has 0 saturated carbocycles. The van der Waals surface area contributed by atoms with Gasteiger partial charge in [0, 0.05) is 9.89 Å². The van der Waals surface area contributed by atoms with Crippen LogP contribution in [0.5, 0.6) is 5.75 Å². The molecular formula is C22H19BrClN3O2. The second-order valence-electron chi connectivity index (χ2n) is 7.39. The molecule has 0 aliphatic carbocycles. The minimum absolute atomic E-state index is 0.135. The standard InChI is InChI=1S/C22H19BrClN3O2/c1-5-10-29-19-9-6-14(11-17(19)24)13-25-27-20(28)16-12-15(23)7-8-18(16)26-21(27)22(2,3)4/h1,6-9,11-13H,10H2,2-4H3. The number of hydrogen-bond acceptors (Lipinski definition) is 4. The zero-order chi connectivity index (χ0) is 21.2. The molecule has 0 N–H and O–H groups in total. The van der Waals surface area contributed by atoms with Crippen LogP contribution in [0.4, 0.5) is 0 Å². The molecule has 0 unspecified atom stereocenters. The summed E-state index contributed by atoms with van der Waals surface area (Å²) >= 11 is 9.64. The second-order valence-corrected chi connectivity index (χ2v) is 8.71. The molecule has 0 aliphatic rings. The topological polar surface area (TPSA) is 56.5 Å². The summed E-state index contributed by atoms with van der Waals surface area (Å²) in [5.41, 5.74) is 0.719. The summed E-state index contributed by atoms with van der Waals surface area (Å²) < 4.78 is 7.51. The van der Waals surface area contributed by atoms with Crippen LogP contribution in [0.1, 0.15) is 32.2 Å². The molecule has 0 fully saturated rings. The van der Waals surface area contributed by atoms with Crippen LogP contribution < -0.4 is 10.3 Å². The number of rotatable bonds is 4. The first-order chi connectivity index (χ1) is 13.7. The van der Waals surface area contributed by atoms with E-state index in [1.165, 1.54) is 4.68 Å². The van der Waals surface area contributed by atoms with Gasteiger partial charge in [-0.1, -0.05) is 54.2 Å². The molecule has 0 spiro atoms. The van der Waals surface area contributed by atoms with Crippen molar-refractivity contribution in [3.8, 4) is 18.1 Å². The Balaban J connectivity index is 2.09. The smallest absolute Gasteiger partial charge is 0.282 e. The number of terminal acetylenes is 1. The molecule has 7 heteroatoms. The Morgan fingerprint density at radius 2 is 2.07 bits per heavy atom. The predicted molar refractivity (Wildman–Crippen MR) is 121 cm³/mol. The Morgan fingerprint density at radius 1 is 1.31 bits per heavy atom. The van der Waals surface area contributed by atoms with E-state index in [2.05, 4.69) is 31.9 Å². The van der Waals surface area contributed by atoms with Gasteiger partial charge in [0.05, 0.1) is 22.1 Å². The zero-order valence-corrected chi connectivity index (χ0v) is 18.6. The summed E-state index contributed by atoms with van der Waals surface area (Å²) in [6.07, 6.45) is 6.77. The average molecular weight is 473 g/mol. The molecule has 0 bridgehead atoms. The molecule has 148 valence electrons. The lowest BCUT2D eigenvalue weighted by atomic mass is 9.95. The summed E-state index contributed by atoms with van der Waals surface area (Å²) in [7, 11) is 0. The summed E-state index contributed by atoms with van der Waals surface area (Å²) in [4.78, 5) is 17.8. The van der Waals surface area contributed by atoms with Gasteiger partial charge in [-0.15, -0.1) is 6.42 Å². The molecule has 3 aromatic rings. The van der Waals surface area contributed by atoms with Crippen LogP contribution in [-0.2, 0) is 5.41 Å². The van der Waals surface area contributed by atoms with Gasteiger partial charge in [-0.2, -0.15) is 9.78 Å². The molecule has 1 aromatic heterocycles. The van der Waals surface area contributed by atoms with Crippen molar-refractivity contribution in [2.45, 2.75) is 26.2 Å². The van der Waals surface area contributed by atoms with Crippen molar-refractivity contribution in [2.24, 2.45) is 5.10 Å². The van der Waals surface area contributed by atoms with E-state index in [0.717, 1.165) is 4.47 Å². The molecule has 0 radical (unpaired) electrons. The van der Waals surface area contributed by atoms with E-state index in [1.54, 1.807) is 30.5 Å². The van der Waals surface area contributed by atoms with Crippen molar-refractivity contribution in [2.75, 3.05) is 6.61 Å². The molecule has 0 saturated heterocycles. The van der Waals surface area contributed by atoms with E-state index in [4.69, 9.17) is 22.8 Å². The van der Waals surface area contributed by atoms with Crippen LogP contribution in [0.25, 0.3) is 10.9 Å². The van der Waals surface area contributed by atoms with Gasteiger partial charge < -0.3 is 4.74 Å². The van der Waals surface area contributed by atoms with Crippen LogP contribution in [0.15, 0.2) is 50.8 Å². The van der Waals surface area contributed by atoms with Gasteiger partial charge in [0.15, 0.2) is 0 Å². The third kappa shape index (κ3) is 4.69. The molecule has 0 amide bonds. The fourth-order valence-electron chi connectivity index (χ4n) is 2.70. The number of aromatic nitrogens is 2. The number of ether oxygens (including phenoxy) is 1. The summed E-state index contributed by atoms with van der Waals surface area (Å²) in [6.45, 7) is 6.09. The van der Waals surface area contributed by atoms with Gasteiger partial charge in [0.25, 0.3) is 5.56 Å².